The van der Waals surface area contributed by atoms with E-state index in [1.807, 2.05) is 18.2 Å². The van der Waals surface area contributed by atoms with E-state index in [0.717, 1.165) is 16.8 Å². The summed E-state index contributed by atoms with van der Waals surface area (Å²) in [6, 6.07) is 10.8. The van der Waals surface area contributed by atoms with Crippen molar-refractivity contribution in [2.45, 2.75) is 57.4 Å². The number of hydrogen-bond donors (Lipinski definition) is 2. The zero-order valence-corrected chi connectivity index (χ0v) is 18.4. The first-order valence-corrected chi connectivity index (χ1v) is 11.1. The topological polar surface area (TPSA) is 75.3 Å². The number of carbonyl (C=O) groups is 1. The van der Waals surface area contributed by atoms with Crippen LogP contribution in [-0.2, 0) is 14.8 Å². The van der Waals surface area contributed by atoms with Gasteiger partial charge in [0, 0.05) is 10.7 Å². The van der Waals surface area contributed by atoms with Crippen LogP contribution < -0.4 is 10.0 Å². The number of sulfonamides is 1. The molecule has 0 heterocycles. The predicted octanol–water partition coefficient (Wildman–Crippen LogP) is 4.89. The monoisotopic (exact) mass is 422 g/mol. The van der Waals surface area contributed by atoms with Gasteiger partial charge in [0.2, 0.25) is 15.9 Å². The summed E-state index contributed by atoms with van der Waals surface area (Å²) in [6.45, 7) is 9.75. The Morgan fingerprint density at radius 3 is 1.86 bits per heavy atom. The molecular formula is C21H27ClN2O3S. The predicted molar refractivity (Wildman–Crippen MR) is 114 cm³/mol. The van der Waals surface area contributed by atoms with Crippen molar-refractivity contribution in [3.63, 3.8) is 0 Å². The van der Waals surface area contributed by atoms with Crippen molar-refractivity contribution in [2.75, 3.05) is 5.32 Å². The van der Waals surface area contributed by atoms with E-state index in [1.54, 1.807) is 0 Å². The van der Waals surface area contributed by atoms with Crippen molar-refractivity contribution in [1.82, 2.24) is 4.72 Å². The van der Waals surface area contributed by atoms with Crippen LogP contribution in [0, 0.1) is 0 Å². The third kappa shape index (κ3) is 5.34. The van der Waals surface area contributed by atoms with E-state index >= 15 is 0 Å². The van der Waals surface area contributed by atoms with Gasteiger partial charge in [0.05, 0.1) is 10.9 Å². The first-order chi connectivity index (χ1) is 13.0. The van der Waals surface area contributed by atoms with Crippen molar-refractivity contribution in [2.24, 2.45) is 0 Å². The molecule has 2 rings (SSSR count). The van der Waals surface area contributed by atoms with E-state index in [0.29, 0.717) is 5.02 Å². The summed E-state index contributed by atoms with van der Waals surface area (Å²) in [7, 11) is -3.84. The molecule has 28 heavy (non-hydrogen) atoms. The number of carbonyl (C=O) groups excluding carboxylic acids is 1. The molecule has 0 fully saturated rings. The highest BCUT2D eigenvalue weighted by Gasteiger charge is 2.24. The van der Waals surface area contributed by atoms with Gasteiger partial charge in [0.1, 0.15) is 0 Å². The van der Waals surface area contributed by atoms with E-state index in [-0.39, 0.29) is 16.7 Å². The van der Waals surface area contributed by atoms with Crippen molar-refractivity contribution in [1.29, 1.82) is 0 Å². The summed E-state index contributed by atoms with van der Waals surface area (Å²) < 4.78 is 27.5. The van der Waals surface area contributed by atoms with Gasteiger partial charge < -0.3 is 5.32 Å². The molecule has 0 saturated heterocycles. The van der Waals surface area contributed by atoms with E-state index in [4.69, 9.17) is 11.6 Å². The van der Waals surface area contributed by atoms with Crippen LogP contribution in [0.5, 0.6) is 0 Å². The Morgan fingerprint density at radius 2 is 1.39 bits per heavy atom. The highest BCUT2D eigenvalue weighted by Crippen LogP contribution is 2.32. The minimum Gasteiger partial charge on any atom is -0.324 e. The molecule has 0 aliphatic carbocycles. The van der Waals surface area contributed by atoms with Gasteiger partial charge in [-0.3, -0.25) is 4.79 Å². The summed E-state index contributed by atoms with van der Waals surface area (Å²) >= 11 is 5.81. The van der Waals surface area contributed by atoms with E-state index in [9.17, 15) is 13.2 Å². The molecule has 1 atom stereocenters. The fourth-order valence-electron chi connectivity index (χ4n) is 2.89. The number of para-hydroxylation sites is 1. The number of rotatable bonds is 7. The smallest absolute Gasteiger partial charge is 0.242 e. The quantitative estimate of drug-likeness (QED) is 0.666. The minimum absolute atomic E-state index is 0.0574. The summed E-state index contributed by atoms with van der Waals surface area (Å²) in [5.74, 6) is 0.0256. The van der Waals surface area contributed by atoms with Crippen LogP contribution in [0.1, 0.15) is 57.6 Å². The summed E-state index contributed by atoms with van der Waals surface area (Å²) in [5.41, 5.74) is 2.80. The lowest BCUT2D eigenvalue weighted by Gasteiger charge is -2.22. The van der Waals surface area contributed by atoms with Crippen LogP contribution in [0.3, 0.4) is 0 Å². The first kappa shape index (κ1) is 22.4. The van der Waals surface area contributed by atoms with Crippen LogP contribution in [0.15, 0.2) is 47.4 Å². The number of benzene rings is 2. The maximum absolute atomic E-state index is 12.8. The summed E-state index contributed by atoms with van der Waals surface area (Å²) in [4.78, 5) is 12.8. The van der Waals surface area contributed by atoms with Crippen molar-refractivity contribution >= 4 is 33.2 Å². The fourth-order valence-corrected chi connectivity index (χ4v) is 4.22. The molecule has 0 saturated carbocycles. The molecule has 7 heteroatoms. The maximum Gasteiger partial charge on any atom is 0.242 e. The molecule has 0 aliphatic heterocycles. The lowest BCUT2D eigenvalue weighted by atomic mass is 9.92. The molecule has 2 aromatic carbocycles. The molecule has 0 aliphatic rings. The molecule has 152 valence electrons. The van der Waals surface area contributed by atoms with Gasteiger partial charge in [-0.25, -0.2) is 8.42 Å². The number of halogens is 1. The van der Waals surface area contributed by atoms with Gasteiger partial charge in [-0.15, -0.1) is 0 Å². The van der Waals surface area contributed by atoms with Crippen molar-refractivity contribution < 1.29 is 13.2 Å². The van der Waals surface area contributed by atoms with E-state index < -0.39 is 22.0 Å². The van der Waals surface area contributed by atoms with E-state index in [2.05, 4.69) is 37.7 Å². The number of hydrogen-bond acceptors (Lipinski definition) is 3. The zero-order valence-electron chi connectivity index (χ0n) is 16.8. The van der Waals surface area contributed by atoms with Crippen LogP contribution in [0.25, 0.3) is 0 Å². The molecule has 2 N–H and O–H groups in total. The van der Waals surface area contributed by atoms with Gasteiger partial charge in [0.15, 0.2) is 0 Å². The second-order valence-corrected chi connectivity index (χ2v) is 9.56. The van der Waals surface area contributed by atoms with Crippen LogP contribution in [-0.4, -0.2) is 20.4 Å². The zero-order chi connectivity index (χ0) is 21.1. The van der Waals surface area contributed by atoms with Crippen LogP contribution in [0.4, 0.5) is 5.69 Å². The average Bonchev–Trinajstić information content (AvgIpc) is 2.61. The minimum atomic E-state index is -3.84. The summed E-state index contributed by atoms with van der Waals surface area (Å²) in [6.07, 6.45) is 0. The van der Waals surface area contributed by atoms with Crippen molar-refractivity contribution in [3.05, 3.63) is 58.6 Å². The third-order valence-corrected chi connectivity index (χ3v) is 6.28. The molecule has 5 nitrogen and oxygen atoms in total. The van der Waals surface area contributed by atoms with Crippen molar-refractivity contribution in [3.8, 4) is 0 Å². The Kier molecular flexibility index (Phi) is 7.26. The van der Waals surface area contributed by atoms with Crippen LogP contribution in [0.2, 0.25) is 5.02 Å². The Bertz CT molecular complexity index is 912. The number of amides is 1. The molecule has 0 unspecified atom stereocenters. The second-order valence-electron chi connectivity index (χ2n) is 7.41. The third-order valence-electron chi connectivity index (χ3n) is 4.47. The van der Waals surface area contributed by atoms with Crippen LogP contribution >= 0.6 is 11.6 Å². The molecule has 0 spiro atoms. The maximum atomic E-state index is 12.8. The standard InChI is InChI=1S/C21H27ClN2O3S/c1-13(2)18-7-6-8-19(14(3)4)20(18)23-21(25)15(5)24-28(26,27)17-11-9-16(22)10-12-17/h6-15,24H,1-5H3,(H,23,25)/t15-/m0/s1. The molecule has 0 bridgehead atoms. The molecule has 0 aromatic heterocycles. The number of anilines is 1. The van der Waals surface area contributed by atoms with Gasteiger partial charge in [-0.05, 0) is 54.2 Å². The average molecular weight is 423 g/mol. The molecule has 2 aromatic rings. The Balaban J connectivity index is 2.24. The van der Waals surface area contributed by atoms with Gasteiger partial charge in [0.25, 0.3) is 0 Å². The fraction of sp³-hybridized carbons (Fsp3) is 0.381. The second kappa shape index (κ2) is 9.07. The Hall–Kier alpha value is -1.89. The van der Waals surface area contributed by atoms with E-state index in [1.165, 1.54) is 31.2 Å². The normalized spacial score (nSPS) is 13.0. The summed E-state index contributed by atoms with van der Waals surface area (Å²) in [5, 5.41) is 3.38. The SMILES string of the molecule is CC(C)c1cccc(C(C)C)c1NC(=O)[C@H](C)NS(=O)(=O)c1ccc(Cl)cc1. The lowest BCUT2D eigenvalue weighted by molar-refractivity contribution is -0.117. The first-order valence-electron chi connectivity index (χ1n) is 9.24. The Morgan fingerprint density at radius 1 is 0.893 bits per heavy atom. The lowest BCUT2D eigenvalue weighted by Crippen LogP contribution is -2.41. The molecule has 0 radical (unpaired) electrons. The highest BCUT2D eigenvalue weighted by molar-refractivity contribution is 7.89. The van der Waals surface area contributed by atoms with Gasteiger partial charge in [-0.1, -0.05) is 57.5 Å². The van der Waals surface area contributed by atoms with Gasteiger partial charge in [-0.2, -0.15) is 4.72 Å². The largest absolute Gasteiger partial charge is 0.324 e. The van der Waals surface area contributed by atoms with Gasteiger partial charge >= 0.3 is 0 Å². The Labute approximate surface area is 172 Å². The molecular weight excluding hydrogens is 396 g/mol. The molecule has 1 amide bonds. The highest BCUT2D eigenvalue weighted by atomic mass is 35.5. The number of nitrogens with one attached hydrogen (secondary N) is 2.